The van der Waals surface area contributed by atoms with Crippen LogP contribution in [0.25, 0.3) is 0 Å². The second-order valence-electron chi connectivity index (χ2n) is 6.70. The van der Waals surface area contributed by atoms with Crippen molar-refractivity contribution < 1.29 is 17.9 Å². The fourth-order valence-electron chi connectivity index (χ4n) is 3.69. The van der Waals surface area contributed by atoms with Gasteiger partial charge in [-0.2, -0.15) is 8.42 Å². The summed E-state index contributed by atoms with van der Waals surface area (Å²) in [6.07, 6.45) is 2.96. The van der Waals surface area contributed by atoms with E-state index >= 15 is 0 Å². The maximum absolute atomic E-state index is 12.6. The fraction of sp³-hybridized carbons (Fsp3) is 0.529. The zero-order valence-electron chi connectivity index (χ0n) is 13.8. The van der Waals surface area contributed by atoms with Crippen molar-refractivity contribution in [1.82, 2.24) is 4.90 Å². The lowest BCUT2D eigenvalue weighted by atomic mass is 9.96. The normalized spacial score (nSPS) is 28.0. The molecule has 0 aliphatic carbocycles. The zero-order chi connectivity index (χ0) is 17.4. The van der Waals surface area contributed by atoms with E-state index in [4.69, 9.17) is 4.74 Å². The smallest absolute Gasteiger partial charge is 0.286 e. The molecule has 0 aromatic heterocycles. The number of likely N-dealkylation sites (tertiary alicyclic amines) is 1. The minimum Gasteiger partial charge on any atom is -0.368 e. The average Bonchev–Trinajstić information content (AvgIpc) is 3.15. The van der Waals surface area contributed by atoms with Gasteiger partial charge in [-0.25, -0.2) is 0 Å². The van der Waals surface area contributed by atoms with Crippen molar-refractivity contribution in [3.05, 3.63) is 24.3 Å². The van der Waals surface area contributed by atoms with Gasteiger partial charge in [0.05, 0.1) is 5.69 Å². The molecular weight excluding hydrogens is 342 g/mol. The van der Waals surface area contributed by atoms with E-state index in [2.05, 4.69) is 9.71 Å². The van der Waals surface area contributed by atoms with Crippen LogP contribution >= 0.6 is 0 Å². The molecule has 2 fully saturated rings. The molecular formula is C17H21N3O4S. The van der Waals surface area contributed by atoms with Crippen LogP contribution in [-0.4, -0.2) is 50.9 Å². The van der Waals surface area contributed by atoms with Gasteiger partial charge in [0.15, 0.2) is 0 Å². The van der Waals surface area contributed by atoms with Crippen molar-refractivity contribution in [1.29, 1.82) is 0 Å². The van der Waals surface area contributed by atoms with Crippen molar-refractivity contribution in [3.63, 3.8) is 0 Å². The summed E-state index contributed by atoms with van der Waals surface area (Å²) in [5, 5.41) is 3.15. The zero-order valence-corrected chi connectivity index (χ0v) is 14.7. The molecule has 3 aliphatic heterocycles. The lowest BCUT2D eigenvalue weighted by Crippen LogP contribution is -2.47. The van der Waals surface area contributed by atoms with Gasteiger partial charge in [-0.1, -0.05) is 12.1 Å². The van der Waals surface area contributed by atoms with Crippen LogP contribution in [0, 0.1) is 5.92 Å². The summed E-state index contributed by atoms with van der Waals surface area (Å²) in [6.45, 7) is 1.80. The van der Waals surface area contributed by atoms with Crippen molar-refractivity contribution >= 4 is 27.5 Å². The summed E-state index contributed by atoms with van der Waals surface area (Å²) < 4.78 is 34.3. The van der Waals surface area contributed by atoms with Crippen LogP contribution in [0.4, 0.5) is 5.69 Å². The van der Waals surface area contributed by atoms with E-state index in [1.165, 1.54) is 0 Å². The van der Waals surface area contributed by atoms with Gasteiger partial charge in [0.25, 0.3) is 15.9 Å². The first-order valence-corrected chi connectivity index (χ1v) is 10.1. The molecule has 7 nitrogen and oxygen atoms in total. The molecule has 0 radical (unpaired) electrons. The van der Waals surface area contributed by atoms with Gasteiger partial charge in [0.2, 0.25) is 0 Å². The quantitative estimate of drug-likeness (QED) is 0.863. The van der Waals surface area contributed by atoms with E-state index in [-0.39, 0.29) is 22.8 Å². The number of ether oxygens (including phenoxy) is 1. The Bertz CT molecular complexity index is 815. The third kappa shape index (κ3) is 3.16. The Morgan fingerprint density at radius 2 is 2.08 bits per heavy atom. The van der Waals surface area contributed by atoms with Gasteiger partial charge < -0.3 is 15.0 Å². The standard InChI is InChI=1S/C17H21N3O4S/c21-17(14-7-4-10-24-14)20-9-3-5-12(11-20)16-18-13-6-1-2-8-15(13)25(22,23)19-16/h1-2,6,8,12,14H,3-5,7,9-11H2,(H,18,19). The highest BCUT2D eigenvalue weighted by molar-refractivity contribution is 7.90. The highest BCUT2D eigenvalue weighted by Crippen LogP contribution is 2.30. The molecule has 2 atom stereocenters. The summed E-state index contributed by atoms with van der Waals surface area (Å²) in [7, 11) is -3.70. The summed E-state index contributed by atoms with van der Waals surface area (Å²) in [5.41, 5.74) is 0.551. The number of amidine groups is 1. The number of rotatable bonds is 2. The van der Waals surface area contributed by atoms with Gasteiger partial charge in [-0.15, -0.1) is 4.40 Å². The van der Waals surface area contributed by atoms with Crippen molar-refractivity contribution in [2.75, 3.05) is 25.0 Å². The predicted octanol–water partition coefficient (Wildman–Crippen LogP) is 1.62. The van der Waals surface area contributed by atoms with Crippen molar-refractivity contribution in [2.45, 2.75) is 36.7 Å². The second-order valence-corrected chi connectivity index (χ2v) is 8.27. The lowest BCUT2D eigenvalue weighted by molar-refractivity contribution is -0.142. The molecule has 0 saturated carbocycles. The lowest BCUT2D eigenvalue weighted by Gasteiger charge is -2.35. The summed E-state index contributed by atoms with van der Waals surface area (Å²) in [5.74, 6) is 0.340. The van der Waals surface area contributed by atoms with E-state index in [1.807, 2.05) is 0 Å². The number of sulfonamides is 1. The molecule has 2 unspecified atom stereocenters. The number of fused-ring (bicyclic) bond motifs is 1. The Kier molecular flexibility index (Phi) is 4.24. The van der Waals surface area contributed by atoms with Crippen LogP contribution in [0.5, 0.6) is 0 Å². The molecule has 1 amide bonds. The predicted molar refractivity (Wildman–Crippen MR) is 93.0 cm³/mol. The maximum atomic E-state index is 12.6. The van der Waals surface area contributed by atoms with E-state index in [0.29, 0.717) is 31.2 Å². The Balaban J connectivity index is 1.54. The molecule has 3 heterocycles. The minimum atomic E-state index is -3.70. The number of carbonyl (C=O) groups excluding carboxylic acids is 1. The maximum Gasteiger partial charge on any atom is 0.286 e. The monoisotopic (exact) mass is 363 g/mol. The first-order chi connectivity index (χ1) is 12.0. The molecule has 0 bridgehead atoms. The number of nitrogens with one attached hydrogen (secondary N) is 1. The summed E-state index contributed by atoms with van der Waals surface area (Å²) >= 11 is 0. The molecule has 1 N–H and O–H groups in total. The van der Waals surface area contributed by atoms with Gasteiger partial charge in [-0.05, 0) is 37.8 Å². The van der Waals surface area contributed by atoms with Gasteiger partial charge in [-0.3, -0.25) is 4.79 Å². The van der Waals surface area contributed by atoms with Crippen LogP contribution in [0.1, 0.15) is 25.7 Å². The number of nitrogens with zero attached hydrogens (tertiary/aromatic N) is 2. The van der Waals surface area contributed by atoms with Crippen molar-refractivity contribution in [3.8, 4) is 0 Å². The Labute approximate surface area is 147 Å². The second kappa shape index (κ2) is 6.42. The number of piperidine rings is 1. The van der Waals surface area contributed by atoms with E-state index in [9.17, 15) is 13.2 Å². The SMILES string of the molecule is O=C(C1CCCO1)N1CCCC(C2=NS(=O)(=O)c3ccccc3N2)C1. The molecule has 4 rings (SSSR count). The van der Waals surface area contributed by atoms with Crippen molar-refractivity contribution in [2.24, 2.45) is 10.3 Å². The molecule has 1 aromatic carbocycles. The molecule has 0 spiro atoms. The minimum absolute atomic E-state index is 0.0156. The topological polar surface area (TPSA) is 88.1 Å². The number of anilines is 1. The number of hydrogen-bond donors (Lipinski definition) is 1. The van der Waals surface area contributed by atoms with Crippen LogP contribution in [0.2, 0.25) is 0 Å². The molecule has 1 aromatic rings. The molecule has 3 aliphatic rings. The number of para-hydroxylation sites is 1. The van der Waals surface area contributed by atoms with Crippen LogP contribution in [0.15, 0.2) is 33.6 Å². The van der Waals surface area contributed by atoms with Gasteiger partial charge >= 0.3 is 0 Å². The number of benzene rings is 1. The molecule has 25 heavy (non-hydrogen) atoms. The van der Waals surface area contributed by atoms with Crippen LogP contribution < -0.4 is 5.32 Å². The fourth-order valence-corrected chi connectivity index (χ4v) is 4.89. The van der Waals surface area contributed by atoms with Gasteiger partial charge in [0.1, 0.15) is 16.8 Å². The highest BCUT2D eigenvalue weighted by Gasteiger charge is 2.35. The number of amides is 1. The van der Waals surface area contributed by atoms with E-state index in [1.54, 1.807) is 29.2 Å². The first kappa shape index (κ1) is 16.5. The van der Waals surface area contributed by atoms with E-state index in [0.717, 1.165) is 25.7 Å². The molecule has 134 valence electrons. The highest BCUT2D eigenvalue weighted by atomic mass is 32.2. The summed E-state index contributed by atoms with van der Waals surface area (Å²) in [4.78, 5) is 14.6. The Morgan fingerprint density at radius 3 is 2.88 bits per heavy atom. The number of carbonyl (C=O) groups is 1. The molecule has 8 heteroatoms. The third-order valence-electron chi connectivity index (χ3n) is 4.97. The van der Waals surface area contributed by atoms with Gasteiger partial charge in [0, 0.05) is 25.6 Å². The largest absolute Gasteiger partial charge is 0.368 e. The number of hydrogen-bond acceptors (Lipinski definition) is 5. The Morgan fingerprint density at radius 1 is 1.24 bits per heavy atom. The Hall–Kier alpha value is -1.93. The summed E-state index contributed by atoms with van der Waals surface area (Å²) in [6, 6.07) is 6.76. The molecule has 2 saturated heterocycles. The van der Waals surface area contributed by atoms with E-state index < -0.39 is 10.0 Å². The van der Waals surface area contributed by atoms with Crippen LogP contribution in [-0.2, 0) is 19.6 Å². The van der Waals surface area contributed by atoms with Crippen LogP contribution in [0.3, 0.4) is 0 Å². The third-order valence-corrected chi connectivity index (χ3v) is 6.32. The first-order valence-electron chi connectivity index (χ1n) is 8.66. The average molecular weight is 363 g/mol.